The van der Waals surface area contributed by atoms with Crippen LogP contribution in [0.1, 0.15) is 103 Å². The molecule has 0 aliphatic rings. The Morgan fingerprint density at radius 3 is 1.19 bits per heavy atom. The van der Waals surface area contributed by atoms with E-state index in [1.54, 1.807) is 74.8 Å². The minimum Gasteiger partial charge on any atom is -0.480 e. The lowest BCUT2D eigenvalue weighted by molar-refractivity contribution is -0.143. The highest BCUT2D eigenvalue weighted by Gasteiger charge is 2.39. The fraction of sp³-hybridized carbons (Fsp3) is 0.525. The number of carboxylic acid groups (broad SMARTS) is 1. The lowest BCUT2D eigenvalue weighted by atomic mass is 10.0. The molecule has 0 bridgehead atoms. The number of H-pyrrole nitrogens is 2. The molecule has 95 heavy (non-hydrogen) atoms. The zero-order valence-electron chi connectivity index (χ0n) is 53.6. The van der Waals surface area contributed by atoms with Gasteiger partial charge in [-0.05, 0) is 107 Å². The van der Waals surface area contributed by atoms with Gasteiger partial charge < -0.3 is 113 Å². The molecule has 0 fully saturated rings. The molecule has 12 atom stereocenters. The van der Waals surface area contributed by atoms with Gasteiger partial charge in [0.05, 0.1) is 31.1 Å². The number of nitrogens with two attached hydrogens (primary N) is 7. The SMILES string of the molecule is CC(C)C(NC(=O)C(Cc1c[nH]c2ccccc12)NC(=O)C(NC(=O)C(Cc1c[nH]c2ccccc12)NC(=O)C(NC(=O)C(CCCCN)NC(=O)C(CC(N)=O)NC(=O)C(CC(N)=O)NC(=O)C(CCCCN)NC(=O)C(N)CCCN=C(N)N)C(C)O)C(C)O)C(=O)O. The van der Waals surface area contributed by atoms with Gasteiger partial charge in [0.25, 0.3) is 0 Å². The van der Waals surface area contributed by atoms with Crippen LogP contribution < -0.4 is 88.0 Å². The number of rotatable bonds is 42. The van der Waals surface area contributed by atoms with E-state index in [-0.39, 0.29) is 70.5 Å². The van der Waals surface area contributed by atoms with Crippen LogP contribution in [-0.4, -0.2) is 194 Å². The number of fused-ring (bicyclic) bond motifs is 2. The molecule has 2 heterocycles. The van der Waals surface area contributed by atoms with E-state index < -0.39 is 162 Å². The number of primary amides is 2. The summed E-state index contributed by atoms with van der Waals surface area (Å²) in [6.07, 6.45) is -1.25. The molecular formula is C61H93N19O15. The molecule has 4 aromatic rings. The monoisotopic (exact) mass is 1330 g/mol. The van der Waals surface area contributed by atoms with Crippen molar-refractivity contribution >= 4 is 98.7 Å². The maximum absolute atomic E-state index is 14.7. The van der Waals surface area contributed by atoms with E-state index in [1.807, 2.05) is 0 Å². The van der Waals surface area contributed by atoms with E-state index in [9.17, 15) is 72.9 Å². The van der Waals surface area contributed by atoms with E-state index in [4.69, 9.17) is 40.1 Å². The lowest BCUT2D eigenvalue weighted by Crippen LogP contribution is -2.63. The normalized spacial score (nSPS) is 15.1. The average molecular weight is 1330 g/mol. The van der Waals surface area contributed by atoms with E-state index in [0.717, 1.165) is 6.92 Å². The van der Waals surface area contributed by atoms with Crippen LogP contribution in [0.4, 0.5) is 0 Å². The topological polar surface area (TPSA) is 600 Å². The van der Waals surface area contributed by atoms with Crippen molar-refractivity contribution in [3.05, 3.63) is 72.1 Å². The Labute approximate surface area is 547 Å². The number of aromatic nitrogens is 2. The van der Waals surface area contributed by atoms with Crippen molar-refractivity contribution in [3.8, 4) is 0 Å². The summed E-state index contributed by atoms with van der Waals surface area (Å²) in [6, 6.07) is -2.19. The molecule has 2 aromatic heterocycles. The Hall–Kier alpha value is -9.77. The molecule has 0 radical (unpaired) electrons. The Balaban J connectivity index is 1.62. The van der Waals surface area contributed by atoms with Crippen LogP contribution in [0.25, 0.3) is 21.8 Å². The summed E-state index contributed by atoms with van der Waals surface area (Å²) >= 11 is 0. The van der Waals surface area contributed by atoms with Crippen molar-refractivity contribution in [2.45, 2.75) is 177 Å². The van der Waals surface area contributed by atoms with Crippen LogP contribution in [0.15, 0.2) is 65.9 Å². The highest BCUT2D eigenvalue weighted by atomic mass is 16.4. The number of unbranched alkanes of at least 4 members (excludes halogenated alkanes) is 2. The molecule has 12 unspecified atom stereocenters. The van der Waals surface area contributed by atoms with Gasteiger partial charge in [0.1, 0.15) is 54.4 Å². The predicted octanol–water partition coefficient (Wildman–Crippen LogP) is -5.31. The number of aliphatic hydroxyl groups is 2. The minimum atomic E-state index is -1.93. The van der Waals surface area contributed by atoms with Crippen molar-refractivity contribution in [2.75, 3.05) is 19.6 Å². The zero-order chi connectivity index (χ0) is 70.6. The number of hydrogen-bond acceptors (Lipinski definition) is 18. The molecule has 28 N–H and O–H groups in total. The van der Waals surface area contributed by atoms with Gasteiger partial charge >= 0.3 is 5.97 Å². The molecular weight excluding hydrogens is 1240 g/mol. The average Bonchev–Trinajstić information content (AvgIpc) is 1.75. The third-order valence-electron chi connectivity index (χ3n) is 15.4. The predicted molar refractivity (Wildman–Crippen MR) is 349 cm³/mol. The first kappa shape index (κ1) is 77.7. The maximum Gasteiger partial charge on any atom is 0.326 e. The first-order valence-electron chi connectivity index (χ1n) is 31.2. The highest BCUT2D eigenvalue weighted by Crippen LogP contribution is 2.22. The largest absolute Gasteiger partial charge is 0.480 e. The molecule has 4 rings (SSSR count). The number of carbonyl (C=O) groups is 12. The molecule has 0 aliphatic carbocycles. The van der Waals surface area contributed by atoms with Crippen LogP contribution in [0.3, 0.4) is 0 Å². The minimum absolute atomic E-state index is 0.0120. The number of aromatic amines is 2. The number of para-hydroxylation sites is 2. The van der Waals surface area contributed by atoms with Gasteiger partial charge in [0.15, 0.2) is 5.96 Å². The van der Waals surface area contributed by atoms with E-state index in [1.165, 1.54) is 6.92 Å². The summed E-state index contributed by atoms with van der Waals surface area (Å²) in [5, 5.41) is 55.5. The molecule has 11 amide bonds. The number of aliphatic imine (C=N–C) groups is 1. The third-order valence-corrected chi connectivity index (χ3v) is 15.4. The van der Waals surface area contributed by atoms with E-state index in [0.29, 0.717) is 52.2 Å². The van der Waals surface area contributed by atoms with Gasteiger partial charge in [0.2, 0.25) is 65.0 Å². The quantitative estimate of drug-likeness (QED) is 0.0112. The molecule has 0 saturated heterocycles. The van der Waals surface area contributed by atoms with Gasteiger partial charge in [-0.2, -0.15) is 0 Å². The smallest absolute Gasteiger partial charge is 0.326 e. The Morgan fingerprint density at radius 2 is 0.811 bits per heavy atom. The second-order valence-corrected chi connectivity index (χ2v) is 23.5. The van der Waals surface area contributed by atoms with Crippen LogP contribution in [0.2, 0.25) is 0 Å². The molecule has 34 nitrogen and oxygen atoms in total. The molecule has 522 valence electrons. The van der Waals surface area contributed by atoms with Gasteiger partial charge in [-0.3, -0.25) is 57.7 Å². The van der Waals surface area contributed by atoms with Crippen LogP contribution in [0.5, 0.6) is 0 Å². The molecule has 0 saturated carbocycles. The molecule has 2 aromatic carbocycles. The standard InChI is InChI=1S/C61H93N19O15/c1-30(2)48(60(94)95)78-56(90)42(24-33-28-70-38-17-7-5-14-35(33)38)76-59(93)50(32(4)82)80-57(91)43(25-34-29-71-39-18-8-6-15-36(34)39)77-58(92)49(31(3)81)79-53(87)41(20-10-12-22-63)73-54(88)44(26-46(65)83)75-55(89)45(27-47(66)84)74-52(86)40(19-9-11-21-62)72-51(85)37(64)16-13-23-69-61(67)68/h5-8,14-15,17-18,28-32,37,40-45,48-50,70-71,81-82H,9-13,16,19-27,62-64H2,1-4H3,(H2,65,83)(H2,66,84)(H,72,85)(H,73,88)(H,74,86)(H,75,89)(H,76,93)(H,77,92)(H,78,90)(H,79,87)(H,80,91)(H,94,95)(H4,67,68,69). The van der Waals surface area contributed by atoms with Gasteiger partial charge in [0, 0.05) is 53.6 Å². The number of aliphatic carboxylic acids is 1. The van der Waals surface area contributed by atoms with Crippen LogP contribution in [0, 0.1) is 5.92 Å². The van der Waals surface area contributed by atoms with Crippen LogP contribution in [-0.2, 0) is 70.4 Å². The summed E-state index contributed by atoms with van der Waals surface area (Å²) in [4.78, 5) is 174. The fourth-order valence-corrected chi connectivity index (χ4v) is 10.2. The second kappa shape index (κ2) is 38.4. The molecule has 34 heteroatoms. The van der Waals surface area contributed by atoms with E-state index in [2.05, 4.69) is 62.8 Å². The van der Waals surface area contributed by atoms with Crippen LogP contribution >= 0.6 is 0 Å². The first-order chi connectivity index (χ1) is 45.0. The van der Waals surface area contributed by atoms with Gasteiger partial charge in [-0.25, -0.2) is 4.79 Å². The number of benzene rings is 2. The van der Waals surface area contributed by atoms with Gasteiger partial charge in [-0.15, -0.1) is 0 Å². The number of amides is 11. The maximum atomic E-state index is 14.7. The number of carboxylic acids is 1. The van der Waals surface area contributed by atoms with Crippen molar-refractivity contribution < 1.29 is 72.9 Å². The van der Waals surface area contributed by atoms with Gasteiger partial charge in [-0.1, -0.05) is 50.2 Å². The van der Waals surface area contributed by atoms with Crippen molar-refractivity contribution in [3.63, 3.8) is 0 Å². The third kappa shape index (κ3) is 24.9. The second-order valence-electron chi connectivity index (χ2n) is 23.5. The summed E-state index contributed by atoms with van der Waals surface area (Å²) in [7, 11) is 0. The van der Waals surface area contributed by atoms with Crippen molar-refractivity contribution in [2.24, 2.45) is 51.0 Å². The Kier molecular flexibility index (Phi) is 31.4. The molecule has 0 aliphatic heterocycles. The Morgan fingerprint density at radius 1 is 0.453 bits per heavy atom. The zero-order valence-corrected chi connectivity index (χ0v) is 53.6. The first-order valence-corrected chi connectivity index (χ1v) is 31.2. The summed E-state index contributed by atoms with van der Waals surface area (Å²) in [5.41, 5.74) is 41.5. The van der Waals surface area contributed by atoms with Crippen molar-refractivity contribution in [1.82, 2.24) is 57.8 Å². The fourth-order valence-electron chi connectivity index (χ4n) is 10.2. The number of hydrogen-bond donors (Lipinski definition) is 21. The molecule has 0 spiro atoms. The van der Waals surface area contributed by atoms with Crippen molar-refractivity contribution in [1.29, 1.82) is 0 Å². The summed E-state index contributed by atoms with van der Waals surface area (Å²) in [5.74, 6) is -13.9. The highest BCUT2D eigenvalue weighted by molar-refractivity contribution is 6.01. The summed E-state index contributed by atoms with van der Waals surface area (Å²) in [6.45, 7) is 5.94. The van der Waals surface area contributed by atoms with E-state index >= 15 is 0 Å². The Bertz CT molecular complexity index is 3330. The number of guanidine groups is 1. The lowest BCUT2D eigenvalue weighted by Gasteiger charge is -2.29. The number of aliphatic hydroxyl groups excluding tert-OH is 2. The number of carbonyl (C=O) groups excluding carboxylic acids is 11. The number of nitrogens with zero attached hydrogens (tertiary/aromatic N) is 1. The number of nitrogens with one attached hydrogen (secondary N) is 11. The summed E-state index contributed by atoms with van der Waals surface area (Å²) < 4.78 is 0.